The SMILES string of the molecule is C=CC(C)(CC)CCOC(C)(C)C. The van der Waals surface area contributed by atoms with Crippen molar-refractivity contribution in [2.75, 3.05) is 6.61 Å². The van der Waals surface area contributed by atoms with Crippen LogP contribution in [0.1, 0.15) is 47.5 Å². The summed E-state index contributed by atoms with van der Waals surface area (Å²) in [5.74, 6) is 0. The highest BCUT2D eigenvalue weighted by Crippen LogP contribution is 2.27. The molecule has 0 rings (SSSR count). The smallest absolute Gasteiger partial charge is 0.0598 e. The molecule has 0 radical (unpaired) electrons. The zero-order valence-corrected chi connectivity index (χ0v) is 9.81. The van der Waals surface area contributed by atoms with E-state index in [2.05, 4.69) is 41.2 Å². The maximum absolute atomic E-state index is 5.68. The van der Waals surface area contributed by atoms with Crippen LogP contribution >= 0.6 is 0 Å². The largest absolute Gasteiger partial charge is 0.376 e. The molecular formula is C12H24O. The van der Waals surface area contributed by atoms with E-state index in [0.717, 1.165) is 19.4 Å². The maximum atomic E-state index is 5.68. The zero-order valence-electron chi connectivity index (χ0n) is 9.81. The molecule has 0 spiro atoms. The fraction of sp³-hybridized carbons (Fsp3) is 0.833. The lowest BCUT2D eigenvalue weighted by Gasteiger charge is -2.26. The van der Waals surface area contributed by atoms with E-state index in [4.69, 9.17) is 4.74 Å². The van der Waals surface area contributed by atoms with Crippen LogP contribution in [0.5, 0.6) is 0 Å². The lowest BCUT2D eigenvalue weighted by molar-refractivity contribution is -0.0133. The molecule has 1 nitrogen and oxygen atoms in total. The van der Waals surface area contributed by atoms with Gasteiger partial charge in [0, 0.05) is 6.61 Å². The van der Waals surface area contributed by atoms with Crippen molar-refractivity contribution in [3.63, 3.8) is 0 Å². The Labute approximate surface area is 83.2 Å². The highest BCUT2D eigenvalue weighted by atomic mass is 16.5. The Morgan fingerprint density at radius 2 is 1.77 bits per heavy atom. The molecule has 13 heavy (non-hydrogen) atoms. The van der Waals surface area contributed by atoms with Crippen molar-refractivity contribution >= 4 is 0 Å². The number of ether oxygens (including phenoxy) is 1. The van der Waals surface area contributed by atoms with E-state index in [0.29, 0.717) is 0 Å². The predicted octanol–water partition coefficient (Wildman–Crippen LogP) is 3.79. The topological polar surface area (TPSA) is 9.23 Å². The number of hydrogen-bond donors (Lipinski definition) is 0. The Morgan fingerprint density at radius 3 is 2.08 bits per heavy atom. The molecule has 0 heterocycles. The minimum atomic E-state index is -0.0180. The summed E-state index contributed by atoms with van der Waals surface area (Å²) in [7, 11) is 0. The monoisotopic (exact) mass is 184 g/mol. The second kappa shape index (κ2) is 4.80. The zero-order chi connectivity index (χ0) is 10.5. The average molecular weight is 184 g/mol. The molecule has 0 aromatic heterocycles. The van der Waals surface area contributed by atoms with Crippen LogP contribution in [-0.4, -0.2) is 12.2 Å². The Bertz CT molecular complexity index is 155. The molecular weight excluding hydrogens is 160 g/mol. The summed E-state index contributed by atoms with van der Waals surface area (Å²) in [6.45, 7) is 15.4. The molecule has 0 bridgehead atoms. The number of rotatable bonds is 5. The van der Waals surface area contributed by atoms with Crippen LogP contribution in [-0.2, 0) is 4.74 Å². The predicted molar refractivity (Wildman–Crippen MR) is 58.9 cm³/mol. The molecule has 0 amide bonds. The van der Waals surface area contributed by atoms with Crippen LogP contribution in [0, 0.1) is 5.41 Å². The molecule has 1 heteroatoms. The molecule has 0 aromatic carbocycles. The molecule has 0 aliphatic heterocycles. The minimum Gasteiger partial charge on any atom is -0.376 e. The van der Waals surface area contributed by atoms with Gasteiger partial charge in [-0.1, -0.05) is 19.9 Å². The highest BCUT2D eigenvalue weighted by molar-refractivity contribution is 4.90. The van der Waals surface area contributed by atoms with E-state index in [1.165, 1.54) is 0 Å². The molecule has 0 N–H and O–H groups in total. The van der Waals surface area contributed by atoms with Crippen molar-refractivity contribution in [2.45, 2.75) is 53.1 Å². The van der Waals surface area contributed by atoms with E-state index in [1.54, 1.807) is 0 Å². The summed E-state index contributed by atoms with van der Waals surface area (Å²) in [6, 6.07) is 0. The average Bonchev–Trinajstić information content (AvgIpc) is 2.02. The van der Waals surface area contributed by atoms with E-state index >= 15 is 0 Å². The van der Waals surface area contributed by atoms with E-state index in [9.17, 15) is 0 Å². The van der Waals surface area contributed by atoms with Crippen LogP contribution in [0.3, 0.4) is 0 Å². The normalized spacial score (nSPS) is 16.7. The van der Waals surface area contributed by atoms with Gasteiger partial charge in [-0.05, 0) is 39.0 Å². The van der Waals surface area contributed by atoms with Gasteiger partial charge >= 0.3 is 0 Å². The van der Waals surface area contributed by atoms with E-state index < -0.39 is 0 Å². The summed E-state index contributed by atoms with van der Waals surface area (Å²) in [5.41, 5.74) is 0.223. The second-order valence-corrected chi connectivity index (χ2v) is 4.92. The van der Waals surface area contributed by atoms with Gasteiger partial charge in [0.1, 0.15) is 0 Å². The van der Waals surface area contributed by atoms with Crippen molar-refractivity contribution in [1.82, 2.24) is 0 Å². The van der Waals surface area contributed by atoms with Gasteiger partial charge in [-0.15, -0.1) is 6.58 Å². The standard InChI is InChI=1S/C12H24O/c1-7-12(6,8-2)9-10-13-11(3,4)5/h7H,1,8-10H2,2-6H3. The molecule has 0 aliphatic rings. The van der Waals surface area contributed by atoms with Gasteiger partial charge in [-0.3, -0.25) is 0 Å². The summed E-state index contributed by atoms with van der Waals surface area (Å²) >= 11 is 0. The van der Waals surface area contributed by atoms with Crippen molar-refractivity contribution in [3.8, 4) is 0 Å². The quantitative estimate of drug-likeness (QED) is 0.591. The second-order valence-electron chi connectivity index (χ2n) is 4.92. The van der Waals surface area contributed by atoms with Gasteiger partial charge < -0.3 is 4.74 Å². The van der Waals surface area contributed by atoms with Crippen molar-refractivity contribution in [3.05, 3.63) is 12.7 Å². The summed E-state index contributed by atoms with van der Waals surface area (Å²) in [6.07, 6.45) is 4.23. The third-order valence-electron chi connectivity index (χ3n) is 2.51. The van der Waals surface area contributed by atoms with Gasteiger partial charge in [0.15, 0.2) is 0 Å². The molecule has 0 saturated heterocycles. The Balaban J connectivity index is 3.81. The van der Waals surface area contributed by atoms with Crippen molar-refractivity contribution < 1.29 is 4.74 Å². The third kappa shape index (κ3) is 5.87. The molecule has 0 aliphatic carbocycles. The minimum absolute atomic E-state index is 0.0180. The van der Waals surface area contributed by atoms with Crippen LogP contribution in [0.2, 0.25) is 0 Å². The molecule has 0 fully saturated rings. The number of hydrogen-bond acceptors (Lipinski definition) is 1. The summed E-state index contributed by atoms with van der Waals surface area (Å²) < 4.78 is 5.68. The Kier molecular flexibility index (Phi) is 4.69. The van der Waals surface area contributed by atoms with Crippen molar-refractivity contribution in [2.24, 2.45) is 5.41 Å². The molecule has 0 saturated carbocycles. The first-order chi connectivity index (χ1) is 5.83. The fourth-order valence-corrected chi connectivity index (χ4v) is 1.01. The summed E-state index contributed by atoms with van der Waals surface area (Å²) in [4.78, 5) is 0. The highest BCUT2D eigenvalue weighted by Gasteiger charge is 2.19. The lowest BCUT2D eigenvalue weighted by atomic mass is 9.85. The van der Waals surface area contributed by atoms with Crippen LogP contribution in [0.4, 0.5) is 0 Å². The Hall–Kier alpha value is -0.300. The molecule has 1 atom stereocenters. The van der Waals surface area contributed by atoms with Crippen LogP contribution < -0.4 is 0 Å². The van der Waals surface area contributed by atoms with Crippen LogP contribution in [0.25, 0.3) is 0 Å². The van der Waals surface area contributed by atoms with E-state index in [1.807, 2.05) is 6.08 Å². The van der Waals surface area contributed by atoms with Gasteiger partial charge in [0.2, 0.25) is 0 Å². The first kappa shape index (κ1) is 12.7. The number of allylic oxidation sites excluding steroid dienone is 1. The van der Waals surface area contributed by atoms with Crippen molar-refractivity contribution in [1.29, 1.82) is 0 Å². The van der Waals surface area contributed by atoms with Crippen LogP contribution in [0.15, 0.2) is 12.7 Å². The molecule has 0 aromatic rings. The van der Waals surface area contributed by atoms with Gasteiger partial charge in [-0.25, -0.2) is 0 Å². The summed E-state index contributed by atoms with van der Waals surface area (Å²) in [5, 5.41) is 0. The molecule has 1 unspecified atom stereocenters. The maximum Gasteiger partial charge on any atom is 0.0598 e. The lowest BCUT2D eigenvalue weighted by Crippen LogP contribution is -2.23. The van der Waals surface area contributed by atoms with Gasteiger partial charge in [-0.2, -0.15) is 0 Å². The Morgan fingerprint density at radius 1 is 1.23 bits per heavy atom. The third-order valence-corrected chi connectivity index (χ3v) is 2.51. The fourth-order valence-electron chi connectivity index (χ4n) is 1.01. The van der Waals surface area contributed by atoms with Gasteiger partial charge in [0.25, 0.3) is 0 Å². The van der Waals surface area contributed by atoms with Gasteiger partial charge in [0.05, 0.1) is 5.60 Å². The molecule has 78 valence electrons. The van der Waals surface area contributed by atoms with E-state index in [-0.39, 0.29) is 11.0 Å². The first-order valence-corrected chi connectivity index (χ1v) is 5.10. The first-order valence-electron chi connectivity index (χ1n) is 5.10.